The topological polar surface area (TPSA) is 79.1 Å². The highest BCUT2D eigenvalue weighted by Crippen LogP contribution is 2.24. The largest absolute Gasteiger partial charge is 0.373 e. The van der Waals surface area contributed by atoms with Gasteiger partial charge in [0.1, 0.15) is 5.82 Å². The molecule has 0 unspecified atom stereocenters. The molecule has 1 fully saturated rings. The van der Waals surface area contributed by atoms with Crippen molar-refractivity contribution in [1.82, 2.24) is 20.2 Å². The Balaban J connectivity index is 1.44. The number of aromatic nitrogens is 2. The second kappa shape index (κ2) is 9.74. The summed E-state index contributed by atoms with van der Waals surface area (Å²) in [5, 5.41) is 8.03. The molecule has 1 aromatic heterocycles. The molecule has 0 aliphatic carbocycles. The first-order chi connectivity index (χ1) is 13.5. The van der Waals surface area contributed by atoms with Crippen LogP contribution in [0.3, 0.4) is 0 Å². The summed E-state index contributed by atoms with van der Waals surface area (Å²) in [5.41, 5.74) is 9.01. The number of benzene rings is 1. The zero-order valence-electron chi connectivity index (χ0n) is 16.4. The summed E-state index contributed by atoms with van der Waals surface area (Å²) in [6.07, 6.45) is 3.15. The fraction of sp³-hybridized carbons (Fsp3) is 0.500. The van der Waals surface area contributed by atoms with Crippen LogP contribution in [0.25, 0.3) is 0 Å². The minimum atomic E-state index is 0.313. The Bertz CT molecular complexity index is 806. The molecule has 1 saturated heterocycles. The van der Waals surface area contributed by atoms with Crippen molar-refractivity contribution in [3.63, 3.8) is 0 Å². The molecule has 4 N–H and O–H groups in total. The van der Waals surface area contributed by atoms with Gasteiger partial charge in [0, 0.05) is 30.9 Å². The van der Waals surface area contributed by atoms with E-state index in [9.17, 15) is 0 Å². The predicted molar refractivity (Wildman–Crippen MR) is 117 cm³/mol. The normalized spacial score (nSPS) is 15.7. The van der Waals surface area contributed by atoms with Gasteiger partial charge in [0.2, 0.25) is 5.95 Å². The monoisotopic (exact) mass is 422 g/mol. The van der Waals surface area contributed by atoms with E-state index >= 15 is 0 Å². The Hall–Kier alpha value is -1.60. The molecule has 0 spiro atoms. The molecule has 0 bridgehead atoms. The van der Waals surface area contributed by atoms with Crippen molar-refractivity contribution in [2.24, 2.45) is 0 Å². The van der Waals surface area contributed by atoms with Crippen LogP contribution in [0.5, 0.6) is 0 Å². The zero-order valence-corrected chi connectivity index (χ0v) is 17.9. The van der Waals surface area contributed by atoms with Gasteiger partial charge in [-0.2, -0.15) is 4.98 Å². The van der Waals surface area contributed by atoms with E-state index in [-0.39, 0.29) is 0 Å². The van der Waals surface area contributed by atoms with Crippen molar-refractivity contribution in [3.8, 4) is 0 Å². The predicted octanol–water partition coefficient (Wildman–Crippen LogP) is 3.51. The number of nitrogens with two attached hydrogens (primary N) is 1. The Labute approximate surface area is 176 Å². The molecule has 8 heteroatoms. The lowest BCUT2D eigenvalue weighted by molar-refractivity contribution is 0.191. The minimum Gasteiger partial charge on any atom is -0.373 e. The number of rotatable bonds is 7. The number of nitrogen functional groups attached to an aromatic ring is 1. The van der Waals surface area contributed by atoms with E-state index < -0.39 is 0 Å². The van der Waals surface area contributed by atoms with Gasteiger partial charge in [0.05, 0.1) is 10.0 Å². The van der Waals surface area contributed by atoms with Gasteiger partial charge in [0.15, 0.2) is 0 Å². The molecule has 2 aromatic rings. The van der Waals surface area contributed by atoms with Gasteiger partial charge in [-0.1, -0.05) is 29.3 Å². The molecule has 152 valence electrons. The molecule has 1 aliphatic rings. The lowest BCUT2D eigenvalue weighted by Gasteiger charge is -2.32. The molecular formula is C20H28Cl2N6. The van der Waals surface area contributed by atoms with Crippen LogP contribution in [-0.4, -0.2) is 47.6 Å². The van der Waals surface area contributed by atoms with Crippen molar-refractivity contribution in [2.75, 3.05) is 37.7 Å². The fourth-order valence-electron chi connectivity index (χ4n) is 3.72. The highest BCUT2D eigenvalue weighted by molar-refractivity contribution is 6.42. The number of piperidine rings is 1. The van der Waals surface area contributed by atoms with E-state index in [4.69, 9.17) is 28.9 Å². The summed E-state index contributed by atoms with van der Waals surface area (Å²) >= 11 is 12.1. The molecule has 6 nitrogen and oxygen atoms in total. The first-order valence-corrected chi connectivity index (χ1v) is 10.4. The lowest BCUT2D eigenvalue weighted by Crippen LogP contribution is -2.42. The standard InChI is InChI=1S/C20H28Cl2N6/c1-13-16(19(24-2)27-20(23)26-13)5-8-25-15-6-9-28(10-7-15)12-14-3-4-17(21)18(22)11-14/h3-4,11,15,25H,5-10,12H2,1-2H3,(H3,23,24,26,27). The molecule has 1 aromatic carbocycles. The summed E-state index contributed by atoms with van der Waals surface area (Å²) in [6, 6.07) is 6.42. The number of nitrogens with one attached hydrogen (secondary N) is 2. The maximum absolute atomic E-state index is 6.12. The molecule has 0 saturated carbocycles. The fourth-order valence-corrected chi connectivity index (χ4v) is 4.04. The van der Waals surface area contributed by atoms with Crippen LogP contribution in [0.1, 0.15) is 29.7 Å². The van der Waals surface area contributed by atoms with Gasteiger partial charge in [-0.05, 0) is 63.5 Å². The van der Waals surface area contributed by atoms with Crippen LogP contribution in [0.2, 0.25) is 10.0 Å². The summed E-state index contributed by atoms with van der Waals surface area (Å²) in [5.74, 6) is 1.14. The van der Waals surface area contributed by atoms with E-state index in [0.717, 1.165) is 62.5 Å². The number of halogens is 2. The summed E-state index contributed by atoms with van der Waals surface area (Å²) < 4.78 is 0. The Kier molecular flexibility index (Phi) is 7.35. The van der Waals surface area contributed by atoms with Crippen molar-refractivity contribution in [1.29, 1.82) is 0 Å². The minimum absolute atomic E-state index is 0.313. The van der Waals surface area contributed by atoms with Gasteiger partial charge in [-0.25, -0.2) is 4.98 Å². The number of likely N-dealkylation sites (tertiary alicyclic amines) is 1. The van der Waals surface area contributed by atoms with Crippen molar-refractivity contribution < 1.29 is 0 Å². The van der Waals surface area contributed by atoms with Crippen LogP contribution >= 0.6 is 23.2 Å². The molecule has 3 rings (SSSR count). The second-order valence-corrected chi connectivity index (χ2v) is 8.06. The Morgan fingerprint density at radius 2 is 1.93 bits per heavy atom. The molecular weight excluding hydrogens is 395 g/mol. The Morgan fingerprint density at radius 3 is 2.61 bits per heavy atom. The zero-order chi connectivity index (χ0) is 20.1. The quantitative estimate of drug-likeness (QED) is 0.633. The van der Waals surface area contributed by atoms with Gasteiger partial charge < -0.3 is 16.4 Å². The molecule has 0 amide bonds. The van der Waals surface area contributed by atoms with Gasteiger partial charge in [-0.3, -0.25) is 4.90 Å². The van der Waals surface area contributed by atoms with Gasteiger partial charge in [-0.15, -0.1) is 0 Å². The first-order valence-electron chi connectivity index (χ1n) is 9.66. The van der Waals surface area contributed by atoms with Gasteiger partial charge >= 0.3 is 0 Å². The van der Waals surface area contributed by atoms with Crippen LogP contribution in [0.15, 0.2) is 18.2 Å². The third-order valence-electron chi connectivity index (χ3n) is 5.25. The van der Waals surface area contributed by atoms with Crippen LogP contribution < -0.4 is 16.4 Å². The molecule has 28 heavy (non-hydrogen) atoms. The summed E-state index contributed by atoms with van der Waals surface area (Å²) in [7, 11) is 1.86. The smallest absolute Gasteiger partial charge is 0.222 e. The van der Waals surface area contributed by atoms with Crippen LogP contribution in [0.4, 0.5) is 11.8 Å². The average molecular weight is 423 g/mol. The highest BCUT2D eigenvalue weighted by Gasteiger charge is 2.19. The van der Waals surface area contributed by atoms with E-state index in [1.807, 2.05) is 26.1 Å². The van der Waals surface area contributed by atoms with Crippen molar-refractivity contribution >= 4 is 35.0 Å². The molecule has 2 heterocycles. The Morgan fingerprint density at radius 1 is 1.18 bits per heavy atom. The number of hydrogen-bond donors (Lipinski definition) is 3. The van der Waals surface area contributed by atoms with Crippen molar-refractivity contribution in [2.45, 2.75) is 38.8 Å². The second-order valence-electron chi connectivity index (χ2n) is 7.25. The first kappa shape index (κ1) is 21.1. The van der Waals surface area contributed by atoms with Crippen LogP contribution in [0, 0.1) is 6.92 Å². The van der Waals surface area contributed by atoms with E-state index in [1.54, 1.807) is 0 Å². The van der Waals surface area contributed by atoms with E-state index in [0.29, 0.717) is 22.0 Å². The lowest BCUT2D eigenvalue weighted by atomic mass is 10.0. The molecule has 0 radical (unpaired) electrons. The number of aryl methyl sites for hydroxylation is 1. The number of nitrogens with zero attached hydrogens (tertiary/aromatic N) is 3. The maximum atomic E-state index is 6.12. The third-order valence-corrected chi connectivity index (χ3v) is 5.99. The summed E-state index contributed by atoms with van der Waals surface area (Å²) in [6.45, 7) is 5.94. The van der Waals surface area contributed by atoms with Gasteiger partial charge in [0.25, 0.3) is 0 Å². The SMILES string of the molecule is CNc1nc(N)nc(C)c1CCNC1CCN(Cc2ccc(Cl)c(Cl)c2)CC1. The number of anilines is 2. The van der Waals surface area contributed by atoms with E-state index in [1.165, 1.54) is 5.56 Å². The van der Waals surface area contributed by atoms with Crippen LogP contribution in [-0.2, 0) is 13.0 Å². The number of hydrogen-bond acceptors (Lipinski definition) is 6. The summed E-state index contributed by atoms with van der Waals surface area (Å²) in [4.78, 5) is 11.0. The van der Waals surface area contributed by atoms with E-state index in [2.05, 4.69) is 31.6 Å². The average Bonchev–Trinajstić information content (AvgIpc) is 2.67. The van der Waals surface area contributed by atoms with Crippen molar-refractivity contribution in [3.05, 3.63) is 45.1 Å². The third kappa shape index (κ3) is 5.47. The molecule has 0 atom stereocenters. The molecule has 1 aliphatic heterocycles. The highest BCUT2D eigenvalue weighted by atomic mass is 35.5. The maximum Gasteiger partial charge on any atom is 0.222 e.